The average Bonchev–Trinajstić information content (AvgIpc) is 2.15. The van der Waals surface area contributed by atoms with E-state index >= 15 is 0 Å². The molecule has 0 amide bonds. The molecule has 1 aromatic carbocycles. The summed E-state index contributed by atoms with van der Waals surface area (Å²) in [5.41, 5.74) is 5.57. The van der Waals surface area contributed by atoms with E-state index < -0.39 is 5.82 Å². The van der Waals surface area contributed by atoms with Gasteiger partial charge in [0, 0.05) is 16.2 Å². The Morgan fingerprint density at radius 2 is 2.20 bits per heavy atom. The first kappa shape index (κ1) is 14.2. The number of amidine groups is 1. The normalized spacial score (nSPS) is 9.47. The maximum absolute atomic E-state index is 13.3. The summed E-state index contributed by atoms with van der Waals surface area (Å²) in [7, 11) is 0. The van der Waals surface area contributed by atoms with E-state index in [1.165, 1.54) is 17.8 Å². The number of halogens is 2. The Bertz CT molecular complexity index is 349. The van der Waals surface area contributed by atoms with E-state index in [1.54, 1.807) is 12.1 Å². The number of benzene rings is 1. The van der Waals surface area contributed by atoms with Crippen LogP contribution in [0.3, 0.4) is 0 Å². The molecule has 0 bridgehead atoms. The van der Waals surface area contributed by atoms with Crippen LogP contribution in [0.5, 0.6) is 0 Å². The van der Waals surface area contributed by atoms with Crippen LogP contribution in [0.15, 0.2) is 23.1 Å². The van der Waals surface area contributed by atoms with Gasteiger partial charge in [0.15, 0.2) is 0 Å². The number of thioether (sulfide) groups is 1. The predicted octanol–water partition coefficient (Wildman–Crippen LogP) is 1.62. The molecule has 0 spiro atoms. The predicted molar refractivity (Wildman–Crippen MR) is 62.5 cm³/mol. The molecule has 0 atom stereocenters. The third kappa shape index (κ3) is 4.07. The van der Waals surface area contributed by atoms with Crippen molar-refractivity contribution < 1.29 is 9.50 Å². The van der Waals surface area contributed by atoms with Crippen LogP contribution in [0.1, 0.15) is 5.56 Å². The van der Waals surface area contributed by atoms with Gasteiger partial charge < -0.3 is 10.8 Å². The van der Waals surface area contributed by atoms with E-state index in [1.807, 2.05) is 0 Å². The number of aliphatic hydroxyl groups excluding tert-OH is 1. The first-order valence-corrected chi connectivity index (χ1v) is 5.01. The van der Waals surface area contributed by atoms with Gasteiger partial charge in [-0.3, -0.25) is 5.41 Å². The van der Waals surface area contributed by atoms with Crippen molar-refractivity contribution in [2.75, 3.05) is 12.4 Å². The lowest BCUT2D eigenvalue weighted by Gasteiger charge is -2.03. The lowest BCUT2D eigenvalue weighted by Crippen LogP contribution is -2.11. The number of hydrogen-bond acceptors (Lipinski definition) is 3. The van der Waals surface area contributed by atoms with Crippen molar-refractivity contribution in [2.45, 2.75) is 4.90 Å². The molecule has 0 radical (unpaired) electrons. The summed E-state index contributed by atoms with van der Waals surface area (Å²) in [5, 5.41) is 15.7. The lowest BCUT2D eigenvalue weighted by molar-refractivity contribution is 0.322. The van der Waals surface area contributed by atoms with Crippen molar-refractivity contribution in [2.24, 2.45) is 5.73 Å². The minimum atomic E-state index is -0.406. The van der Waals surface area contributed by atoms with Crippen LogP contribution in [0.25, 0.3) is 0 Å². The van der Waals surface area contributed by atoms with Crippen molar-refractivity contribution in [3.05, 3.63) is 29.6 Å². The molecule has 0 saturated carbocycles. The second kappa shape index (κ2) is 6.66. The highest BCUT2D eigenvalue weighted by Gasteiger charge is 2.05. The summed E-state index contributed by atoms with van der Waals surface area (Å²) >= 11 is 1.23. The Morgan fingerprint density at radius 3 is 2.67 bits per heavy atom. The third-order valence-electron chi connectivity index (χ3n) is 1.59. The molecule has 0 aromatic heterocycles. The zero-order valence-electron chi connectivity index (χ0n) is 7.87. The van der Waals surface area contributed by atoms with Gasteiger partial charge in [0.25, 0.3) is 0 Å². The van der Waals surface area contributed by atoms with E-state index in [0.29, 0.717) is 16.2 Å². The van der Waals surface area contributed by atoms with Gasteiger partial charge >= 0.3 is 0 Å². The van der Waals surface area contributed by atoms with Crippen molar-refractivity contribution in [1.82, 2.24) is 0 Å². The van der Waals surface area contributed by atoms with Crippen LogP contribution >= 0.6 is 24.2 Å². The fraction of sp³-hybridized carbons (Fsp3) is 0.222. The summed E-state index contributed by atoms with van der Waals surface area (Å²) in [6.45, 7) is 0.0125. The zero-order valence-corrected chi connectivity index (χ0v) is 9.50. The molecule has 0 saturated heterocycles. The molecule has 84 valence electrons. The minimum absolute atomic E-state index is 0. The van der Waals surface area contributed by atoms with Crippen molar-refractivity contribution in [1.29, 1.82) is 5.41 Å². The van der Waals surface area contributed by atoms with Crippen molar-refractivity contribution in [3.63, 3.8) is 0 Å². The van der Waals surface area contributed by atoms with Gasteiger partial charge in [0.05, 0.1) is 6.61 Å². The summed E-state index contributed by atoms with van der Waals surface area (Å²) in [6, 6.07) is 4.37. The number of hydrogen-bond donors (Lipinski definition) is 3. The quantitative estimate of drug-likeness (QED) is 0.432. The molecule has 1 aromatic rings. The van der Waals surface area contributed by atoms with E-state index in [2.05, 4.69) is 0 Å². The molecule has 0 fully saturated rings. The molecule has 0 unspecified atom stereocenters. The first-order chi connectivity index (χ1) is 6.65. The Hall–Kier alpha value is -0.780. The van der Waals surface area contributed by atoms with Gasteiger partial charge in [-0.1, -0.05) is 0 Å². The molecule has 1 rings (SSSR count). The Labute approximate surface area is 97.8 Å². The Morgan fingerprint density at radius 1 is 1.53 bits per heavy atom. The van der Waals surface area contributed by atoms with Crippen LogP contribution in [-0.4, -0.2) is 23.3 Å². The third-order valence-corrected chi connectivity index (χ3v) is 2.62. The topological polar surface area (TPSA) is 70.1 Å². The number of aliphatic hydroxyl groups is 1. The number of nitrogen functional groups attached to an aromatic ring is 1. The zero-order chi connectivity index (χ0) is 10.6. The van der Waals surface area contributed by atoms with Gasteiger partial charge in [-0.05, 0) is 18.2 Å². The van der Waals surface area contributed by atoms with Gasteiger partial charge in [0.2, 0.25) is 0 Å². The highest BCUT2D eigenvalue weighted by atomic mass is 35.5. The summed E-state index contributed by atoms with van der Waals surface area (Å²) < 4.78 is 13.3. The molecular formula is C9H12ClFN2OS. The smallest absolute Gasteiger partial charge is 0.137 e. The van der Waals surface area contributed by atoms with Crippen molar-refractivity contribution >= 4 is 30.0 Å². The minimum Gasteiger partial charge on any atom is -0.396 e. The van der Waals surface area contributed by atoms with E-state index in [4.69, 9.17) is 16.2 Å². The molecule has 0 heterocycles. The molecule has 0 aliphatic heterocycles. The summed E-state index contributed by atoms with van der Waals surface area (Å²) in [4.78, 5) is 0.462. The summed E-state index contributed by atoms with van der Waals surface area (Å²) in [5.74, 6) is -0.102. The standard InChI is InChI=1S/C9H11FN2OS.ClH/c10-7-5-6(9(11)12)1-2-8(7)14-4-3-13;/h1-2,5,13H,3-4H2,(H3,11,12);1H. The van der Waals surface area contributed by atoms with Crippen LogP contribution in [-0.2, 0) is 0 Å². The SMILES string of the molecule is Cl.N=C(N)c1ccc(SCCO)c(F)c1. The Kier molecular flexibility index (Phi) is 6.31. The van der Waals surface area contributed by atoms with Gasteiger partial charge in [-0.15, -0.1) is 24.2 Å². The van der Waals surface area contributed by atoms with Gasteiger partial charge in [-0.2, -0.15) is 0 Å². The van der Waals surface area contributed by atoms with E-state index in [-0.39, 0.29) is 24.8 Å². The van der Waals surface area contributed by atoms with E-state index in [0.717, 1.165) is 0 Å². The Balaban J connectivity index is 0.00000196. The number of nitrogens with one attached hydrogen (secondary N) is 1. The first-order valence-electron chi connectivity index (χ1n) is 4.02. The van der Waals surface area contributed by atoms with Crippen LogP contribution in [0.4, 0.5) is 4.39 Å². The molecule has 6 heteroatoms. The highest BCUT2D eigenvalue weighted by Crippen LogP contribution is 2.21. The fourth-order valence-corrected chi connectivity index (χ4v) is 1.61. The largest absolute Gasteiger partial charge is 0.396 e. The fourth-order valence-electron chi connectivity index (χ4n) is 0.941. The van der Waals surface area contributed by atoms with Crippen LogP contribution < -0.4 is 5.73 Å². The van der Waals surface area contributed by atoms with Crippen molar-refractivity contribution in [3.8, 4) is 0 Å². The second-order valence-electron chi connectivity index (χ2n) is 2.63. The number of rotatable bonds is 4. The molecule has 0 aliphatic carbocycles. The molecule has 15 heavy (non-hydrogen) atoms. The van der Waals surface area contributed by atoms with Gasteiger partial charge in [-0.25, -0.2) is 4.39 Å². The average molecular weight is 251 g/mol. The van der Waals surface area contributed by atoms with E-state index in [9.17, 15) is 4.39 Å². The molecule has 0 aliphatic rings. The lowest BCUT2D eigenvalue weighted by atomic mass is 10.2. The summed E-state index contributed by atoms with van der Waals surface area (Å²) in [6.07, 6.45) is 0. The monoisotopic (exact) mass is 250 g/mol. The maximum atomic E-state index is 13.3. The molecular weight excluding hydrogens is 239 g/mol. The van der Waals surface area contributed by atoms with Gasteiger partial charge in [0.1, 0.15) is 11.7 Å². The van der Waals surface area contributed by atoms with Crippen LogP contribution in [0.2, 0.25) is 0 Å². The van der Waals surface area contributed by atoms with Crippen LogP contribution in [0, 0.1) is 11.2 Å². The number of nitrogens with two attached hydrogens (primary N) is 1. The molecule has 4 N–H and O–H groups in total. The molecule has 3 nitrogen and oxygen atoms in total. The highest BCUT2D eigenvalue weighted by molar-refractivity contribution is 7.99. The maximum Gasteiger partial charge on any atom is 0.137 e. The second-order valence-corrected chi connectivity index (χ2v) is 3.77.